The average Bonchev–Trinajstić information content (AvgIpc) is 3.50. The van der Waals surface area contributed by atoms with Gasteiger partial charge in [-0.15, -0.1) is 0 Å². The monoisotopic (exact) mass is 446 g/mol. The Morgan fingerprint density at radius 3 is 2.77 bits per heavy atom. The Balaban J connectivity index is 1.57. The molecule has 1 aromatic carbocycles. The number of amides is 1. The molecule has 1 saturated heterocycles. The lowest BCUT2D eigenvalue weighted by atomic mass is 10.1. The lowest BCUT2D eigenvalue weighted by molar-refractivity contribution is 0.0729. The number of morpholine rings is 1. The zero-order valence-electron chi connectivity index (χ0n) is 16.8. The first kappa shape index (κ1) is 21.1. The number of sulfonamides is 1. The van der Waals surface area contributed by atoms with Gasteiger partial charge < -0.3 is 19.2 Å². The molecule has 10 nitrogen and oxygen atoms in total. The molecule has 2 aromatic heterocycles. The first-order valence-corrected chi connectivity index (χ1v) is 11.1. The van der Waals surface area contributed by atoms with Crippen LogP contribution in [0.4, 0.5) is 0 Å². The SMILES string of the molecule is COc1ccc(-c2cc(C(=O)NCc3ccco3)[nH]n2)cc1S(=O)(=O)N1CCOCC1. The van der Waals surface area contributed by atoms with Gasteiger partial charge in [-0.3, -0.25) is 9.89 Å². The van der Waals surface area contributed by atoms with E-state index in [-0.39, 0.29) is 41.9 Å². The Morgan fingerprint density at radius 2 is 2.06 bits per heavy atom. The maximum absolute atomic E-state index is 13.2. The van der Waals surface area contributed by atoms with Gasteiger partial charge in [0, 0.05) is 18.7 Å². The molecule has 0 spiro atoms. The number of methoxy groups -OCH3 is 1. The van der Waals surface area contributed by atoms with Crippen molar-refractivity contribution in [1.29, 1.82) is 0 Å². The highest BCUT2D eigenvalue weighted by Crippen LogP contribution is 2.31. The van der Waals surface area contributed by atoms with Gasteiger partial charge in [-0.05, 0) is 36.4 Å². The fourth-order valence-corrected chi connectivity index (χ4v) is 4.81. The second kappa shape index (κ2) is 8.92. The Labute approximate surface area is 179 Å². The number of aromatic nitrogens is 2. The largest absolute Gasteiger partial charge is 0.495 e. The molecule has 164 valence electrons. The fourth-order valence-electron chi connectivity index (χ4n) is 3.23. The van der Waals surface area contributed by atoms with Gasteiger partial charge in [-0.25, -0.2) is 8.42 Å². The van der Waals surface area contributed by atoms with Crippen LogP contribution in [0.15, 0.2) is 52.0 Å². The van der Waals surface area contributed by atoms with E-state index in [1.165, 1.54) is 23.7 Å². The third-order valence-electron chi connectivity index (χ3n) is 4.87. The quantitative estimate of drug-likeness (QED) is 0.565. The normalized spacial score (nSPS) is 15.0. The lowest BCUT2D eigenvalue weighted by Gasteiger charge is -2.26. The van der Waals surface area contributed by atoms with E-state index < -0.39 is 10.0 Å². The van der Waals surface area contributed by atoms with E-state index in [9.17, 15) is 13.2 Å². The van der Waals surface area contributed by atoms with Gasteiger partial charge in [-0.2, -0.15) is 9.40 Å². The number of hydrogen-bond donors (Lipinski definition) is 2. The summed E-state index contributed by atoms with van der Waals surface area (Å²) in [4.78, 5) is 12.4. The standard InChI is InChI=1S/C20H22N4O6S/c1-28-18-5-4-14(11-19(18)31(26,27)24-6-9-29-10-7-24)16-12-17(23-22-16)20(25)21-13-15-3-2-8-30-15/h2-5,8,11-12H,6-7,9-10,13H2,1H3,(H,21,25)(H,22,23). The highest BCUT2D eigenvalue weighted by atomic mass is 32.2. The van der Waals surface area contributed by atoms with E-state index in [2.05, 4.69) is 15.5 Å². The predicted octanol–water partition coefficient (Wildman–Crippen LogP) is 1.63. The molecule has 0 bridgehead atoms. The third-order valence-corrected chi connectivity index (χ3v) is 6.79. The van der Waals surface area contributed by atoms with Crippen molar-refractivity contribution >= 4 is 15.9 Å². The molecule has 0 aliphatic carbocycles. The van der Waals surface area contributed by atoms with Gasteiger partial charge in [0.15, 0.2) is 0 Å². The molecular weight excluding hydrogens is 424 g/mol. The minimum Gasteiger partial charge on any atom is -0.495 e. The number of nitrogens with one attached hydrogen (secondary N) is 2. The molecular formula is C20H22N4O6S. The second-order valence-electron chi connectivity index (χ2n) is 6.81. The molecule has 0 atom stereocenters. The van der Waals surface area contributed by atoms with Crippen molar-refractivity contribution in [1.82, 2.24) is 19.8 Å². The molecule has 11 heteroatoms. The number of aromatic amines is 1. The summed E-state index contributed by atoms with van der Waals surface area (Å²) in [5.74, 6) is 0.508. The van der Waals surface area contributed by atoms with Crippen LogP contribution in [0.25, 0.3) is 11.3 Å². The Morgan fingerprint density at radius 1 is 1.26 bits per heavy atom. The summed E-state index contributed by atoms with van der Waals surface area (Å²) < 4.78 is 43.4. The number of benzene rings is 1. The summed E-state index contributed by atoms with van der Waals surface area (Å²) in [6, 6.07) is 9.83. The van der Waals surface area contributed by atoms with Crippen LogP contribution in [0.1, 0.15) is 16.2 Å². The Bertz CT molecular complexity index is 1150. The molecule has 0 radical (unpaired) electrons. The number of carbonyl (C=O) groups is 1. The molecule has 31 heavy (non-hydrogen) atoms. The van der Waals surface area contributed by atoms with E-state index in [0.717, 1.165) is 0 Å². The molecule has 0 saturated carbocycles. The van der Waals surface area contributed by atoms with Crippen LogP contribution >= 0.6 is 0 Å². The number of ether oxygens (including phenoxy) is 2. The van der Waals surface area contributed by atoms with Crippen LogP contribution in [0, 0.1) is 0 Å². The van der Waals surface area contributed by atoms with Crippen LogP contribution in [-0.4, -0.2) is 62.2 Å². The van der Waals surface area contributed by atoms with Crippen LogP contribution in [0.3, 0.4) is 0 Å². The van der Waals surface area contributed by atoms with Gasteiger partial charge in [0.2, 0.25) is 10.0 Å². The van der Waals surface area contributed by atoms with Crippen LogP contribution < -0.4 is 10.1 Å². The lowest BCUT2D eigenvalue weighted by Crippen LogP contribution is -2.40. The first-order chi connectivity index (χ1) is 15.0. The molecule has 1 aliphatic heterocycles. The summed E-state index contributed by atoms with van der Waals surface area (Å²) >= 11 is 0. The van der Waals surface area contributed by atoms with Crippen LogP contribution in [-0.2, 0) is 21.3 Å². The van der Waals surface area contributed by atoms with E-state index in [4.69, 9.17) is 13.9 Å². The molecule has 1 fully saturated rings. The number of nitrogens with zero attached hydrogens (tertiary/aromatic N) is 2. The van der Waals surface area contributed by atoms with Crippen molar-refractivity contribution < 1.29 is 27.1 Å². The molecule has 4 rings (SSSR count). The molecule has 1 aliphatic rings. The minimum absolute atomic E-state index is 0.0428. The highest BCUT2D eigenvalue weighted by molar-refractivity contribution is 7.89. The van der Waals surface area contributed by atoms with Gasteiger partial charge >= 0.3 is 0 Å². The second-order valence-corrected chi connectivity index (χ2v) is 8.72. The zero-order chi connectivity index (χ0) is 21.8. The highest BCUT2D eigenvalue weighted by Gasteiger charge is 2.30. The van der Waals surface area contributed by atoms with Crippen molar-refractivity contribution in [2.24, 2.45) is 0 Å². The summed E-state index contributed by atoms with van der Waals surface area (Å²) in [6.45, 7) is 1.48. The van der Waals surface area contributed by atoms with Gasteiger partial charge in [-0.1, -0.05) is 0 Å². The van der Waals surface area contributed by atoms with Crippen molar-refractivity contribution in [2.75, 3.05) is 33.4 Å². The van der Waals surface area contributed by atoms with Crippen molar-refractivity contribution in [3.63, 3.8) is 0 Å². The Hall–Kier alpha value is -3.15. The fraction of sp³-hybridized carbons (Fsp3) is 0.300. The molecule has 2 N–H and O–H groups in total. The van der Waals surface area contributed by atoms with E-state index in [1.54, 1.807) is 30.3 Å². The molecule has 0 unspecified atom stereocenters. The third kappa shape index (κ3) is 4.48. The number of hydrogen-bond acceptors (Lipinski definition) is 7. The minimum atomic E-state index is -3.78. The van der Waals surface area contributed by atoms with Crippen molar-refractivity contribution in [3.05, 3.63) is 54.1 Å². The number of carbonyl (C=O) groups excluding carboxylic acids is 1. The topological polar surface area (TPSA) is 127 Å². The molecule has 3 heterocycles. The summed E-state index contributed by atoms with van der Waals surface area (Å²) in [6.07, 6.45) is 1.53. The summed E-state index contributed by atoms with van der Waals surface area (Å²) in [7, 11) is -2.36. The maximum Gasteiger partial charge on any atom is 0.269 e. The zero-order valence-corrected chi connectivity index (χ0v) is 17.6. The first-order valence-electron chi connectivity index (χ1n) is 9.61. The number of H-pyrrole nitrogens is 1. The molecule has 3 aromatic rings. The van der Waals surface area contributed by atoms with Crippen LogP contribution in [0.5, 0.6) is 5.75 Å². The molecule has 1 amide bonds. The van der Waals surface area contributed by atoms with Crippen molar-refractivity contribution in [3.8, 4) is 17.0 Å². The van der Waals surface area contributed by atoms with Gasteiger partial charge in [0.25, 0.3) is 5.91 Å². The summed E-state index contributed by atoms with van der Waals surface area (Å²) in [5.41, 5.74) is 1.22. The van der Waals surface area contributed by atoms with Crippen LogP contribution in [0.2, 0.25) is 0 Å². The van der Waals surface area contributed by atoms with Crippen molar-refractivity contribution in [2.45, 2.75) is 11.4 Å². The smallest absolute Gasteiger partial charge is 0.269 e. The number of furan rings is 1. The predicted molar refractivity (Wildman–Crippen MR) is 110 cm³/mol. The van der Waals surface area contributed by atoms with Gasteiger partial charge in [0.1, 0.15) is 22.1 Å². The average molecular weight is 446 g/mol. The van der Waals surface area contributed by atoms with E-state index >= 15 is 0 Å². The summed E-state index contributed by atoms with van der Waals surface area (Å²) in [5, 5.41) is 9.57. The maximum atomic E-state index is 13.2. The van der Waals surface area contributed by atoms with E-state index in [0.29, 0.717) is 30.2 Å². The van der Waals surface area contributed by atoms with E-state index in [1.807, 2.05) is 0 Å². The van der Waals surface area contributed by atoms with Gasteiger partial charge in [0.05, 0.1) is 38.8 Å². The Kier molecular flexibility index (Phi) is 6.07. The number of rotatable bonds is 7.